The Kier molecular flexibility index (Phi) is 2.92. The first kappa shape index (κ1) is 12.4. The van der Waals surface area contributed by atoms with Crippen molar-refractivity contribution in [3.8, 4) is 0 Å². The first-order chi connectivity index (χ1) is 7.78. The van der Waals surface area contributed by atoms with Crippen LogP contribution in [-0.2, 0) is 19.7 Å². The topological polar surface area (TPSA) is 112 Å². The van der Waals surface area contributed by atoms with Crippen LogP contribution in [0.2, 0.25) is 0 Å². The lowest BCUT2D eigenvalue weighted by Gasteiger charge is -2.44. The predicted octanol–water partition coefficient (Wildman–Crippen LogP) is -0.483. The van der Waals surface area contributed by atoms with E-state index in [0.717, 1.165) is 16.7 Å². The first-order valence-electron chi connectivity index (χ1n) is 4.66. The van der Waals surface area contributed by atoms with Gasteiger partial charge in [0.05, 0.1) is 17.5 Å². The molecule has 0 saturated carbocycles. The summed E-state index contributed by atoms with van der Waals surface area (Å²) in [5.41, 5.74) is -0.210. The Morgan fingerprint density at radius 3 is 2.71 bits per heavy atom. The van der Waals surface area contributed by atoms with Crippen LogP contribution in [0.5, 0.6) is 0 Å². The van der Waals surface area contributed by atoms with Gasteiger partial charge in [0.1, 0.15) is 5.70 Å². The van der Waals surface area contributed by atoms with E-state index in [2.05, 4.69) is 0 Å². The summed E-state index contributed by atoms with van der Waals surface area (Å²) in [6.45, 7) is 0. The number of carbonyl (C=O) groups is 2. The number of hydrogen-bond acceptors (Lipinski definition) is 5. The van der Waals surface area contributed by atoms with E-state index >= 15 is 0 Å². The molecule has 0 aromatic rings. The van der Waals surface area contributed by atoms with Gasteiger partial charge in [0.2, 0.25) is 5.91 Å². The van der Waals surface area contributed by atoms with Gasteiger partial charge in [0, 0.05) is 5.25 Å². The van der Waals surface area contributed by atoms with Crippen LogP contribution in [0.25, 0.3) is 0 Å². The molecule has 17 heavy (non-hydrogen) atoms. The molecule has 0 aliphatic carbocycles. The lowest BCUT2D eigenvalue weighted by atomic mass is 10.1. The molecule has 2 N–H and O–H groups in total. The Balaban J connectivity index is 2.25. The number of rotatable bonds is 3. The van der Waals surface area contributed by atoms with E-state index in [1.54, 1.807) is 0 Å². The van der Waals surface area contributed by atoms with Gasteiger partial charge < -0.3 is 5.11 Å². The van der Waals surface area contributed by atoms with E-state index in [-0.39, 0.29) is 23.4 Å². The van der Waals surface area contributed by atoms with Gasteiger partial charge in [0.25, 0.3) is 10.1 Å². The van der Waals surface area contributed by atoms with Crippen molar-refractivity contribution in [3.63, 3.8) is 0 Å². The zero-order valence-electron chi connectivity index (χ0n) is 8.44. The molecule has 2 atom stereocenters. The average Bonchev–Trinajstić information content (AvgIpc) is 2.12. The SMILES string of the molecule is O=C(O)C1=CC(CS(=O)(=O)O)S[C@@H]2CC(=O)N12. The van der Waals surface area contributed by atoms with E-state index in [1.165, 1.54) is 6.08 Å². The van der Waals surface area contributed by atoms with Crippen LogP contribution in [-0.4, -0.2) is 51.2 Å². The minimum atomic E-state index is -4.17. The molecule has 1 unspecified atom stereocenters. The number of amides is 1. The number of carboxylic acids is 1. The molecule has 0 aromatic carbocycles. The average molecular weight is 279 g/mol. The number of thioether (sulfide) groups is 1. The van der Waals surface area contributed by atoms with Crippen LogP contribution in [0.1, 0.15) is 6.42 Å². The fraction of sp³-hybridized carbons (Fsp3) is 0.500. The second-order valence-corrected chi connectivity index (χ2v) is 6.62. The second kappa shape index (κ2) is 4.00. The number of carboxylic acid groups (broad SMARTS) is 1. The number of nitrogens with zero attached hydrogens (tertiary/aromatic N) is 1. The van der Waals surface area contributed by atoms with Gasteiger partial charge in [-0.3, -0.25) is 14.2 Å². The van der Waals surface area contributed by atoms with Gasteiger partial charge in [-0.05, 0) is 6.08 Å². The largest absolute Gasteiger partial charge is 0.477 e. The van der Waals surface area contributed by atoms with Crippen molar-refractivity contribution < 1.29 is 27.7 Å². The Hall–Kier alpha value is -1.06. The van der Waals surface area contributed by atoms with Gasteiger partial charge in [-0.1, -0.05) is 0 Å². The highest BCUT2D eigenvalue weighted by molar-refractivity contribution is 8.01. The van der Waals surface area contributed by atoms with Crippen LogP contribution in [0.15, 0.2) is 11.8 Å². The fourth-order valence-corrected chi connectivity index (χ4v) is 4.30. The Morgan fingerprint density at radius 2 is 2.24 bits per heavy atom. The van der Waals surface area contributed by atoms with Gasteiger partial charge in [-0.2, -0.15) is 8.42 Å². The Bertz CT molecular complexity index is 510. The summed E-state index contributed by atoms with van der Waals surface area (Å²) in [6, 6.07) is 0. The lowest BCUT2D eigenvalue weighted by Crippen LogP contribution is -2.54. The molecular formula is C8H9NO6S2. The number of β-lactam (4-membered cyclic amide) rings is 1. The van der Waals surface area contributed by atoms with Crippen molar-refractivity contribution in [2.75, 3.05) is 5.75 Å². The minimum absolute atomic E-state index is 0.192. The molecule has 9 heteroatoms. The summed E-state index contributed by atoms with van der Waals surface area (Å²) >= 11 is 1.16. The van der Waals surface area contributed by atoms with Crippen molar-refractivity contribution >= 4 is 33.8 Å². The third-order valence-corrected chi connectivity index (χ3v) is 4.77. The molecule has 1 fully saturated rings. The minimum Gasteiger partial charge on any atom is -0.477 e. The van der Waals surface area contributed by atoms with Gasteiger partial charge >= 0.3 is 5.97 Å². The van der Waals surface area contributed by atoms with Gasteiger partial charge in [-0.15, -0.1) is 11.8 Å². The smallest absolute Gasteiger partial charge is 0.352 e. The third kappa shape index (κ3) is 2.45. The van der Waals surface area contributed by atoms with Crippen molar-refractivity contribution in [3.05, 3.63) is 11.8 Å². The van der Waals surface area contributed by atoms with Crippen LogP contribution in [0, 0.1) is 0 Å². The van der Waals surface area contributed by atoms with Gasteiger partial charge in [-0.25, -0.2) is 4.79 Å². The van der Waals surface area contributed by atoms with Crippen molar-refractivity contribution in [2.45, 2.75) is 17.0 Å². The quantitative estimate of drug-likeness (QED) is 0.530. The highest BCUT2D eigenvalue weighted by Gasteiger charge is 2.45. The van der Waals surface area contributed by atoms with Crippen LogP contribution < -0.4 is 0 Å². The number of carbonyl (C=O) groups excluding carboxylic acids is 1. The maximum Gasteiger partial charge on any atom is 0.352 e. The molecule has 0 aromatic heterocycles. The highest BCUT2D eigenvalue weighted by Crippen LogP contribution is 2.40. The molecule has 94 valence electrons. The second-order valence-electron chi connectivity index (χ2n) is 3.70. The fourth-order valence-electron chi connectivity index (χ4n) is 1.75. The maximum atomic E-state index is 11.2. The van der Waals surface area contributed by atoms with E-state index < -0.39 is 27.1 Å². The van der Waals surface area contributed by atoms with Crippen LogP contribution in [0.3, 0.4) is 0 Å². The Morgan fingerprint density at radius 1 is 1.59 bits per heavy atom. The van der Waals surface area contributed by atoms with E-state index in [4.69, 9.17) is 9.66 Å². The summed E-state index contributed by atoms with van der Waals surface area (Å²) in [7, 11) is -4.17. The summed E-state index contributed by atoms with van der Waals surface area (Å²) < 4.78 is 30.2. The highest BCUT2D eigenvalue weighted by atomic mass is 32.2. The van der Waals surface area contributed by atoms with Crippen molar-refractivity contribution in [2.24, 2.45) is 0 Å². The summed E-state index contributed by atoms with van der Waals surface area (Å²) in [5.74, 6) is -2.11. The van der Waals surface area contributed by atoms with E-state index in [9.17, 15) is 18.0 Å². The molecular weight excluding hydrogens is 270 g/mol. The first-order valence-corrected chi connectivity index (χ1v) is 7.21. The number of hydrogen-bond donors (Lipinski definition) is 2. The molecule has 1 amide bonds. The van der Waals surface area contributed by atoms with E-state index in [1.807, 2.05) is 0 Å². The summed E-state index contributed by atoms with van der Waals surface area (Å²) in [6.07, 6.45) is 1.38. The molecule has 7 nitrogen and oxygen atoms in total. The summed E-state index contributed by atoms with van der Waals surface area (Å²) in [4.78, 5) is 23.3. The number of aliphatic carboxylic acids is 1. The normalized spacial score (nSPS) is 28.2. The molecule has 2 rings (SSSR count). The molecule has 0 radical (unpaired) electrons. The maximum absolute atomic E-state index is 11.2. The van der Waals surface area contributed by atoms with Crippen molar-refractivity contribution in [1.29, 1.82) is 0 Å². The third-order valence-electron chi connectivity index (χ3n) is 2.44. The molecule has 2 heterocycles. The van der Waals surface area contributed by atoms with Crippen molar-refractivity contribution in [1.82, 2.24) is 4.90 Å². The number of fused-ring (bicyclic) bond motifs is 1. The zero-order chi connectivity index (χ0) is 12.8. The molecule has 2 aliphatic rings. The molecule has 0 spiro atoms. The predicted molar refractivity (Wildman–Crippen MR) is 58.8 cm³/mol. The molecule has 0 bridgehead atoms. The summed E-state index contributed by atoms with van der Waals surface area (Å²) in [5, 5.41) is 7.92. The zero-order valence-corrected chi connectivity index (χ0v) is 10.1. The molecule has 1 saturated heterocycles. The van der Waals surface area contributed by atoms with E-state index in [0.29, 0.717) is 0 Å². The van der Waals surface area contributed by atoms with Crippen LogP contribution in [0.4, 0.5) is 0 Å². The monoisotopic (exact) mass is 279 g/mol. The standard InChI is InChI=1S/C8H9NO6S2/c10-6-2-7-9(6)5(8(11)12)1-4(16-7)3-17(13,14)15/h1,4,7H,2-3H2,(H,11,12)(H,13,14,15)/t4?,7-/m1/s1. The van der Waals surface area contributed by atoms with Gasteiger partial charge in [0.15, 0.2) is 0 Å². The Labute approximate surface area is 101 Å². The molecule has 2 aliphatic heterocycles. The van der Waals surface area contributed by atoms with Crippen LogP contribution >= 0.6 is 11.8 Å². The lowest BCUT2D eigenvalue weighted by molar-refractivity contribution is -0.146.